The summed E-state index contributed by atoms with van der Waals surface area (Å²) in [5.74, 6) is 1.67. The summed E-state index contributed by atoms with van der Waals surface area (Å²) < 4.78 is 7.64. The van der Waals surface area contributed by atoms with E-state index in [1.807, 2.05) is 50.1 Å². The van der Waals surface area contributed by atoms with Gasteiger partial charge in [-0.1, -0.05) is 12.1 Å². The van der Waals surface area contributed by atoms with Crippen molar-refractivity contribution in [3.05, 3.63) is 47.8 Å². The number of rotatable bonds is 9. The third-order valence-electron chi connectivity index (χ3n) is 3.83. The molecular weight excluding hydrogens is 455 g/mol. The van der Waals surface area contributed by atoms with Crippen molar-refractivity contribution in [1.82, 2.24) is 25.3 Å². The van der Waals surface area contributed by atoms with E-state index in [0.29, 0.717) is 19.7 Å². The average molecular weight is 486 g/mol. The van der Waals surface area contributed by atoms with E-state index in [4.69, 9.17) is 4.74 Å². The van der Waals surface area contributed by atoms with E-state index in [1.165, 1.54) is 0 Å². The quantitative estimate of drug-likeness (QED) is 0.324. The molecule has 2 aromatic rings. The van der Waals surface area contributed by atoms with Gasteiger partial charge in [0.25, 0.3) is 0 Å². The van der Waals surface area contributed by atoms with Crippen LogP contribution in [0.4, 0.5) is 0 Å². The van der Waals surface area contributed by atoms with Gasteiger partial charge in [0.1, 0.15) is 12.4 Å². The molecule has 0 amide bonds. The predicted molar refractivity (Wildman–Crippen MR) is 121 cm³/mol. The number of aryl methyl sites for hydroxylation is 1. The summed E-state index contributed by atoms with van der Waals surface area (Å²) in [6.07, 6.45) is 1.79. The zero-order chi connectivity index (χ0) is 18.8. The largest absolute Gasteiger partial charge is 0.492 e. The highest BCUT2D eigenvalue weighted by Crippen LogP contribution is 2.14. The number of guanidine groups is 1. The second-order valence-corrected chi connectivity index (χ2v) is 6.29. The van der Waals surface area contributed by atoms with Crippen molar-refractivity contribution < 1.29 is 4.74 Å². The lowest BCUT2D eigenvalue weighted by molar-refractivity contribution is 0.261. The normalized spacial score (nSPS) is 11.2. The molecule has 1 heterocycles. The van der Waals surface area contributed by atoms with E-state index >= 15 is 0 Å². The number of hydrogen-bond donors (Lipinski definition) is 2. The van der Waals surface area contributed by atoms with Crippen molar-refractivity contribution in [2.45, 2.75) is 20.0 Å². The van der Waals surface area contributed by atoms with Gasteiger partial charge in [-0.05, 0) is 44.8 Å². The predicted octanol–water partition coefficient (Wildman–Crippen LogP) is 2.23. The minimum Gasteiger partial charge on any atom is -0.492 e. The lowest BCUT2D eigenvalue weighted by atomic mass is 10.2. The Bertz CT molecular complexity index is 701. The zero-order valence-electron chi connectivity index (χ0n) is 16.6. The molecule has 0 unspecified atom stereocenters. The van der Waals surface area contributed by atoms with E-state index in [-0.39, 0.29) is 24.0 Å². The molecule has 1 aromatic heterocycles. The van der Waals surface area contributed by atoms with Crippen molar-refractivity contribution in [1.29, 1.82) is 0 Å². The number of ether oxygens (including phenoxy) is 1. The maximum absolute atomic E-state index is 5.79. The Balaban J connectivity index is 0.00000364. The van der Waals surface area contributed by atoms with Crippen LogP contribution in [-0.4, -0.2) is 54.4 Å². The van der Waals surface area contributed by atoms with Gasteiger partial charge in [-0.2, -0.15) is 5.10 Å². The fourth-order valence-corrected chi connectivity index (χ4v) is 2.34. The Morgan fingerprint density at radius 2 is 2.07 bits per heavy atom. The molecule has 7 nitrogen and oxygen atoms in total. The minimum absolute atomic E-state index is 0. The number of nitrogens with one attached hydrogen (secondary N) is 2. The molecule has 0 aliphatic heterocycles. The number of likely N-dealkylation sites (N-methyl/N-ethyl adjacent to an activating group) is 1. The maximum Gasteiger partial charge on any atom is 0.191 e. The molecule has 0 aliphatic rings. The third kappa shape index (κ3) is 8.61. The molecular formula is C19H31IN6O. The van der Waals surface area contributed by atoms with E-state index in [1.54, 1.807) is 6.20 Å². The van der Waals surface area contributed by atoms with Crippen LogP contribution in [0.5, 0.6) is 5.75 Å². The van der Waals surface area contributed by atoms with Crippen molar-refractivity contribution >= 4 is 29.9 Å². The molecule has 0 saturated carbocycles. The van der Waals surface area contributed by atoms with Crippen LogP contribution in [0.25, 0.3) is 0 Å². The lowest BCUT2D eigenvalue weighted by Crippen LogP contribution is -2.37. The number of benzene rings is 1. The summed E-state index contributed by atoms with van der Waals surface area (Å²) in [5.41, 5.74) is 2.22. The van der Waals surface area contributed by atoms with Gasteiger partial charge in [-0.25, -0.2) is 4.99 Å². The van der Waals surface area contributed by atoms with Crippen molar-refractivity contribution in [2.24, 2.45) is 12.0 Å². The Hall–Kier alpha value is -1.81. The highest BCUT2D eigenvalue weighted by Gasteiger charge is 2.02. The molecule has 2 rings (SSSR count). The first-order valence-corrected chi connectivity index (χ1v) is 8.94. The SMILES string of the molecule is CCNC(=NCc1cccc(OCCN(C)C)c1)NCc1ccnn1C.I. The van der Waals surface area contributed by atoms with Gasteiger partial charge in [0.05, 0.1) is 18.8 Å². The summed E-state index contributed by atoms with van der Waals surface area (Å²) in [6.45, 7) is 5.70. The summed E-state index contributed by atoms with van der Waals surface area (Å²) in [6, 6.07) is 10.1. The highest BCUT2D eigenvalue weighted by atomic mass is 127. The average Bonchev–Trinajstić information content (AvgIpc) is 3.02. The molecule has 2 N–H and O–H groups in total. The van der Waals surface area contributed by atoms with Crippen molar-refractivity contribution in [3.63, 3.8) is 0 Å². The number of halogens is 1. The Labute approximate surface area is 179 Å². The molecule has 1 aromatic carbocycles. The fraction of sp³-hybridized carbons (Fsp3) is 0.474. The lowest BCUT2D eigenvalue weighted by Gasteiger charge is -2.12. The second kappa shape index (κ2) is 12.6. The van der Waals surface area contributed by atoms with Gasteiger partial charge < -0.3 is 20.3 Å². The smallest absolute Gasteiger partial charge is 0.191 e. The number of hydrogen-bond acceptors (Lipinski definition) is 4. The molecule has 0 atom stereocenters. The van der Waals surface area contributed by atoms with Gasteiger partial charge in [-0.15, -0.1) is 24.0 Å². The van der Waals surface area contributed by atoms with E-state index in [0.717, 1.165) is 36.1 Å². The first-order valence-electron chi connectivity index (χ1n) is 8.94. The molecule has 0 fully saturated rings. The van der Waals surface area contributed by atoms with Gasteiger partial charge >= 0.3 is 0 Å². The van der Waals surface area contributed by atoms with Gasteiger partial charge in [0.15, 0.2) is 5.96 Å². The molecule has 150 valence electrons. The molecule has 0 saturated heterocycles. The summed E-state index contributed by atoms with van der Waals surface area (Å²) in [4.78, 5) is 6.77. The highest BCUT2D eigenvalue weighted by molar-refractivity contribution is 14.0. The van der Waals surface area contributed by atoms with Crippen LogP contribution in [0.3, 0.4) is 0 Å². The summed E-state index contributed by atoms with van der Waals surface area (Å²) in [5, 5.41) is 10.8. The topological polar surface area (TPSA) is 66.7 Å². The van der Waals surface area contributed by atoms with Crippen LogP contribution in [0.15, 0.2) is 41.5 Å². The molecule has 27 heavy (non-hydrogen) atoms. The van der Waals surface area contributed by atoms with Gasteiger partial charge in [0, 0.05) is 26.3 Å². The minimum atomic E-state index is 0. The van der Waals surface area contributed by atoms with Gasteiger partial charge in [-0.3, -0.25) is 4.68 Å². The zero-order valence-corrected chi connectivity index (χ0v) is 18.9. The molecule has 0 spiro atoms. The standard InChI is InChI=1S/C19H30N6O.HI/c1-5-20-19(22-15-17-9-10-23-25(17)4)21-14-16-7-6-8-18(13-16)26-12-11-24(2)3;/h6-10,13H,5,11-12,14-15H2,1-4H3,(H2,20,21,22);1H. The van der Waals surface area contributed by atoms with Crippen molar-refractivity contribution in [3.8, 4) is 5.75 Å². The van der Waals surface area contributed by atoms with Crippen LogP contribution < -0.4 is 15.4 Å². The van der Waals surface area contributed by atoms with Gasteiger partial charge in [0.2, 0.25) is 0 Å². The monoisotopic (exact) mass is 486 g/mol. The van der Waals surface area contributed by atoms with Crippen molar-refractivity contribution in [2.75, 3.05) is 33.8 Å². The van der Waals surface area contributed by atoms with Crippen LogP contribution in [-0.2, 0) is 20.1 Å². The van der Waals surface area contributed by atoms with Crippen LogP contribution in [0.1, 0.15) is 18.2 Å². The Kier molecular flexibility index (Phi) is 10.8. The molecule has 0 radical (unpaired) electrons. The Morgan fingerprint density at radius 3 is 2.74 bits per heavy atom. The van der Waals surface area contributed by atoms with Crippen LogP contribution in [0, 0.1) is 0 Å². The van der Waals surface area contributed by atoms with Crippen LogP contribution >= 0.6 is 24.0 Å². The number of aliphatic imine (C=N–C) groups is 1. The van der Waals surface area contributed by atoms with E-state index in [9.17, 15) is 0 Å². The number of aromatic nitrogens is 2. The second-order valence-electron chi connectivity index (χ2n) is 6.29. The Morgan fingerprint density at radius 1 is 1.26 bits per heavy atom. The third-order valence-corrected chi connectivity index (χ3v) is 3.83. The number of nitrogens with zero attached hydrogens (tertiary/aromatic N) is 4. The van der Waals surface area contributed by atoms with Crippen LogP contribution in [0.2, 0.25) is 0 Å². The fourth-order valence-electron chi connectivity index (χ4n) is 2.34. The maximum atomic E-state index is 5.79. The first kappa shape index (κ1) is 23.2. The molecule has 8 heteroatoms. The molecule has 0 bridgehead atoms. The first-order chi connectivity index (χ1) is 12.6. The van der Waals surface area contributed by atoms with E-state index in [2.05, 4.69) is 38.6 Å². The summed E-state index contributed by atoms with van der Waals surface area (Å²) >= 11 is 0. The summed E-state index contributed by atoms with van der Waals surface area (Å²) in [7, 11) is 6.01. The molecule has 0 aliphatic carbocycles. The van der Waals surface area contributed by atoms with E-state index < -0.39 is 0 Å².